The summed E-state index contributed by atoms with van der Waals surface area (Å²) in [5, 5.41) is 6.84. The molecule has 34 heavy (non-hydrogen) atoms. The van der Waals surface area contributed by atoms with E-state index in [-0.39, 0.29) is 23.3 Å². The molecule has 1 saturated carbocycles. The van der Waals surface area contributed by atoms with E-state index in [2.05, 4.69) is 15.1 Å². The van der Waals surface area contributed by atoms with Crippen molar-refractivity contribution >= 4 is 22.6 Å². The first-order valence-electron chi connectivity index (χ1n) is 11.9. The quantitative estimate of drug-likeness (QED) is 0.619. The molecule has 1 amide bonds. The van der Waals surface area contributed by atoms with Crippen LogP contribution in [-0.4, -0.2) is 63.4 Å². The molecule has 2 fully saturated rings. The molecule has 0 atom stereocenters. The highest BCUT2D eigenvalue weighted by atomic mass is 19.1. The van der Waals surface area contributed by atoms with E-state index in [1.54, 1.807) is 17.7 Å². The summed E-state index contributed by atoms with van der Waals surface area (Å²) in [6, 6.07) is 2.96. The molecule has 1 aliphatic heterocycles. The molecular weight excluding hydrogens is 439 g/mol. The highest BCUT2D eigenvalue weighted by molar-refractivity contribution is 5.79. The number of aryl methyl sites for hydroxylation is 1. The Morgan fingerprint density at radius 3 is 2.53 bits per heavy atom. The minimum Gasteiger partial charge on any atom is -0.494 e. The van der Waals surface area contributed by atoms with Crippen molar-refractivity contribution in [3.05, 3.63) is 40.8 Å². The molecule has 1 aromatic carbocycles. The highest BCUT2D eigenvalue weighted by Gasteiger charge is 2.32. The summed E-state index contributed by atoms with van der Waals surface area (Å²) in [7, 11) is 3.08. The Morgan fingerprint density at radius 1 is 1.15 bits per heavy atom. The number of nitrogens with zero attached hydrogens (tertiary/aromatic N) is 5. The van der Waals surface area contributed by atoms with E-state index in [1.807, 2.05) is 17.3 Å². The van der Waals surface area contributed by atoms with Crippen molar-refractivity contribution in [1.82, 2.24) is 24.2 Å². The molecule has 1 aliphatic carbocycles. The van der Waals surface area contributed by atoms with Gasteiger partial charge >= 0.3 is 5.69 Å². The number of aromatic amines is 1. The Balaban J connectivity index is 1.20. The average Bonchev–Trinajstić information content (AvgIpc) is 3.48. The van der Waals surface area contributed by atoms with E-state index in [0.29, 0.717) is 23.5 Å². The fourth-order valence-corrected chi connectivity index (χ4v) is 5.45. The van der Waals surface area contributed by atoms with E-state index < -0.39 is 5.82 Å². The third kappa shape index (κ3) is 4.05. The first kappa shape index (κ1) is 22.5. The number of imidazole rings is 1. The fraction of sp³-hybridized carbons (Fsp3) is 0.542. The van der Waals surface area contributed by atoms with Gasteiger partial charge in [0.05, 0.1) is 30.0 Å². The van der Waals surface area contributed by atoms with Crippen molar-refractivity contribution in [3.8, 4) is 5.75 Å². The van der Waals surface area contributed by atoms with E-state index in [4.69, 9.17) is 4.74 Å². The molecule has 0 radical (unpaired) electrons. The number of ether oxygens (including phenoxy) is 1. The third-order valence-corrected chi connectivity index (χ3v) is 7.50. The van der Waals surface area contributed by atoms with Gasteiger partial charge in [-0.25, -0.2) is 9.18 Å². The van der Waals surface area contributed by atoms with Crippen LogP contribution in [0.5, 0.6) is 5.75 Å². The van der Waals surface area contributed by atoms with Gasteiger partial charge in [-0.05, 0) is 31.6 Å². The molecule has 9 nitrogen and oxygen atoms in total. The number of carbonyl (C=O) groups excluding carboxylic acids is 1. The summed E-state index contributed by atoms with van der Waals surface area (Å²) in [6.45, 7) is 3.65. The Labute approximate surface area is 197 Å². The monoisotopic (exact) mass is 470 g/mol. The molecule has 2 aliphatic rings. The van der Waals surface area contributed by atoms with Crippen LogP contribution >= 0.6 is 0 Å². The number of rotatable bonds is 5. The van der Waals surface area contributed by atoms with Crippen LogP contribution in [0.4, 0.5) is 10.1 Å². The summed E-state index contributed by atoms with van der Waals surface area (Å²) in [5.41, 5.74) is 2.15. The zero-order valence-electron chi connectivity index (χ0n) is 19.7. The lowest BCUT2D eigenvalue weighted by Gasteiger charge is -2.38. The van der Waals surface area contributed by atoms with Crippen LogP contribution in [0.1, 0.15) is 25.7 Å². The summed E-state index contributed by atoms with van der Waals surface area (Å²) in [6.07, 6.45) is 7.16. The second-order valence-corrected chi connectivity index (χ2v) is 9.41. The summed E-state index contributed by atoms with van der Waals surface area (Å²) in [4.78, 5) is 30.2. The van der Waals surface area contributed by atoms with Gasteiger partial charge in [-0.15, -0.1) is 0 Å². The lowest BCUT2D eigenvalue weighted by atomic mass is 9.81. The molecule has 0 bridgehead atoms. The molecule has 0 unspecified atom stereocenters. The van der Waals surface area contributed by atoms with Gasteiger partial charge in [-0.1, -0.05) is 0 Å². The molecule has 3 heterocycles. The minimum atomic E-state index is -0.479. The number of anilines is 1. The molecule has 2 aromatic heterocycles. The molecular formula is C24H31FN6O3. The lowest BCUT2D eigenvalue weighted by molar-refractivity contribution is -0.137. The van der Waals surface area contributed by atoms with Gasteiger partial charge < -0.3 is 14.5 Å². The molecule has 182 valence electrons. The minimum absolute atomic E-state index is 0.0511. The Hall–Kier alpha value is -3.30. The fourth-order valence-electron chi connectivity index (χ4n) is 5.45. The van der Waals surface area contributed by atoms with Crippen molar-refractivity contribution in [2.24, 2.45) is 18.9 Å². The number of H-pyrrole nitrogens is 1. The first-order valence-corrected chi connectivity index (χ1v) is 11.9. The summed E-state index contributed by atoms with van der Waals surface area (Å²) in [5.74, 6) is 0.269. The summed E-state index contributed by atoms with van der Waals surface area (Å²) >= 11 is 0. The largest absolute Gasteiger partial charge is 0.494 e. The zero-order valence-corrected chi connectivity index (χ0v) is 19.7. The summed E-state index contributed by atoms with van der Waals surface area (Å²) < 4.78 is 22.5. The number of aromatic nitrogens is 4. The second-order valence-electron chi connectivity index (χ2n) is 9.41. The Kier molecular flexibility index (Phi) is 6.05. The third-order valence-electron chi connectivity index (χ3n) is 7.50. The van der Waals surface area contributed by atoms with Gasteiger partial charge in [0.25, 0.3) is 0 Å². The maximum atomic E-state index is 14.2. The lowest BCUT2D eigenvalue weighted by Crippen LogP contribution is -2.50. The van der Waals surface area contributed by atoms with Crippen LogP contribution in [0.3, 0.4) is 0 Å². The first-order chi connectivity index (χ1) is 16.5. The van der Waals surface area contributed by atoms with Crippen LogP contribution < -0.4 is 15.3 Å². The SMILES string of the molecule is COc1cc2c(cc1F)n(C)c(=O)n2CC1CCC(C(=O)N2CCN(c3cn[nH]c3)CC2)CC1. The normalized spacial score (nSPS) is 21.3. The highest BCUT2D eigenvalue weighted by Crippen LogP contribution is 2.32. The number of fused-ring (bicyclic) bond motifs is 1. The number of methoxy groups -OCH3 is 1. The molecule has 10 heteroatoms. The number of halogens is 1. The number of nitrogens with one attached hydrogen (secondary N) is 1. The number of hydrogen-bond donors (Lipinski definition) is 1. The van der Waals surface area contributed by atoms with E-state index >= 15 is 0 Å². The van der Waals surface area contributed by atoms with Gasteiger partial charge in [0.1, 0.15) is 0 Å². The molecule has 0 spiro atoms. The number of hydrogen-bond acceptors (Lipinski definition) is 5. The number of amides is 1. The van der Waals surface area contributed by atoms with E-state index in [0.717, 1.165) is 57.5 Å². The van der Waals surface area contributed by atoms with Gasteiger partial charge in [0.15, 0.2) is 11.6 Å². The van der Waals surface area contributed by atoms with Crippen LogP contribution in [0.2, 0.25) is 0 Å². The van der Waals surface area contributed by atoms with Crippen LogP contribution in [0.15, 0.2) is 29.3 Å². The zero-order chi connectivity index (χ0) is 23.8. The van der Waals surface area contributed by atoms with Crippen molar-refractivity contribution in [1.29, 1.82) is 0 Å². The van der Waals surface area contributed by atoms with Gasteiger partial charge in [-0.2, -0.15) is 5.10 Å². The van der Waals surface area contributed by atoms with Crippen LogP contribution in [0, 0.1) is 17.7 Å². The predicted molar refractivity (Wildman–Crippen MR) is 127 cm³/mol. The van der Waals surface area contributed by atoms with Crippen molar-refractivity contribution in [3.63, 3.8) is 0 Å². The van der Waals surface area contributed by atoms with E-state index in [1.165, 1.54) is 17.7 Å². The topological polar surface area (TPSA) is 88.4 Å². The Bertz CT molecular complexity index is 1220. The van der Waals surface area contributed by atoms with E-state index in [9.17, 15) is 14.0 Å². The number of benzene rings is 1. The number of carbonyl (C=O) groups is 1. The molecule has 1 saturated heterocycles. The van der Waals surface area contributed by atoms with Crippen molar-refractivity contribution < 1.29 is 13.9 Å². The van der Waals surface area contributed by atoms with Gasteiger partial charge in [0.2, 0.25) is 5.91 Å². The smallest absolute Gasteiger partial charge is 0.328 e. The van der Waals surface area contributed by atoms with Crippen LogP contribution in [0.25, 0.3) is 11.0 Å². The standard InChI is InChI=1S/C24H31FN6O3/c1-28-20-11-19(25)22(34-2)12-21(20)31(24(28)33)15-16-3-5-17(6-4-16)23(32)30-9-7-29(8-10-30)18-13-26-27-14-18/h11-14,16-17H,3-10,15H2,1-2H3,(H,26,27). The van der Waals surface area contributed by atoms with Gasteiger partial charge in [0, 0.05) is 64.0 Å². The second kappa shape index (κ2) is 9.15. The number of piperazine rings is 1. The maximum absolute atomic E-state index is 14.2. The molecule has 1 N–H and O–H groups in total. The molecule has 3 aromatic rings. The molecule has 5 rings (SSSR count). The maximum Gasteiger partial charge on any atom is 0.328 e. The van der Waals surface area contributed by atoms with Crippen LogP contribution in [-0.2, 0) is 18.4 Å². The Morgan fingerprint density at radius 2 is 1.88 bits per heavy atom. The average molecular weight is 471 g/mol. The van der Waals surface area contributed by atoms with Gasteiger partial charge in [-0.3, -0.25) is 19.0 Å². The van der Waals surface area contributed by atoms with Crippen molar-refractivity contribution in [2.75, 3.05) is 38.2 Å². The van der Waals surface area contributed by atoms with Crippen molar-refractivity contribution in [2.45, 2.75) is 32.2 Å². The predicted octanol–water partition coefficient (Wildman–Crippen LogP) is 2.37.